The molecule has 0 radical (unpaired) electrons. The summed E-state index contributed by atoms with van der Waals surface area (Å²) in [5.74, 6) is -0.790. The molecular formula is C25H21F3N2O3. The zero-order valence-corrected chi connectivity index (χ0v) is 17.9. The summed E-state index contributed by atoms with van der Waals surface area (Å²) in [4.78, 5) is 28.0. The number of carbonyl (C=O) groups excluding carboxylic acids is 2. The van der Waals surface area contributed by atoms with E-state index in [1.165, 1.54) is 17.0 Å². The highest BCUT2D eigenvalue weighted by molar-refractivity contribution is 6.04. The molecule has 0 unspecified atom stereocenters. The van der Waals surface area contributed by atoms with E-state index < -0.39 is 29.6 Å². The lowest BCUT2D eigenvalue weighted by Gasteiger charge is -2.39. The summed E-state index contributed by atoms with van der Waals surface area (Å²) in [6.07, 6.45) is -4.46. The monoisotopic (exact) mass is 454 g/mol. The third-order valence-corrected chi connectivity index (χ3v) is 5.80. The van der Waals surface area contributed by atoms with Gasteiger partial charge in [-0.1, -0.05) is 30.3 Å². The van der Waals surface area contributed by atoms with Crippen LogP contribution in [0.15, 0.2) is 72.8 Å². The molecule has 0 aliphatic carbocycles. The van der Waals surface area contributed by atoms with Crippen molar-refractivity contribution in [3.8, 4) is 5.75 Å². The van der Waals surface area contributed by atoms with Gasteiger partial charge in [0.15, 0.2) is 0 Å². The topological polar surface area (TPSA) is 58.6 Å². The van der Waals surface area contributed by atoms with Gasteiger partial charge in [0.2, 0.25) is 5.91 Å². The summed E-state index contributed by atoms with van der Waals surface area (Å²) in [6, 6.07) is 17.6. The molecule has 0 spiro atoms. The van der Waals surface area contributed by atoms with Crippen LogP contribution in [0.25, 0.3) is 0 Å². The molecule has 0 saturated heterocycles. The van der Waals surface area contributed by atoms with Crippen molar-refractivity contribution in [2.75, 3.05) is 19.5 Å². The Morgan fingerprint density at radius 1 is 0.970 bits per heavy atom. The Labute approximate surface area is 188 Å². The number of nitrogens with one attached hydrogen (secondary N) is 1. The predicted molar refractivity (Wildman–Crippen MR) is 117 cm³/mol. The zero-order chi connectivity index (χ0) is 23.8. The molecule has 170 valence electrons. The number of carbonyl (C=O) groups is 2. The number of fused-ring (bicyclic) bond motifs is 1. The van der Waals surface area contributed by atoms with Gasteiger partial charge < -0.3 is 15.0 Å². The van der Waals surface area contributed by atoms with E-state index in [0.29, 0.717) is 16.9 Å². The van der Waals surface area contributed by atoms with E-state index in [4.69, 9.17) is 4.74 Å². The van der Waals surface area contributed by atoms with Crippen molar-refractivity contribution in [3.05, 3.63) is 95.1 Å². The summed E-state index contributed by atoms with van der Waals surface area (Å²) in [5, 5.41) is 2.72. The lowest BCUT2D eigenvalue weighted by molar-refractivity contribution is -0.137. The minimum atomic E-state index is -4.46. The zero-order valence-electron chi connectivity index (χ0n) is 17.9. The molecule has 0 fully saturated rings. The second-order valence-corrected chi connectivity index (χ2v) is 7.76. The first-order chi connectivity index (χ1) is 15.7. The van der Waals surface area contributed by atoms with Gasteiger partial charge in [0.1, 0.15) is 5.75 Å². The number of anilines is 1. The van der Waals surface area contributed by atoms with Gasteiger partial charge in [-0.25, -0.2) is 0 Å². The third kappa shape index (κ3) is 4.28. The Hall–Kier alpha value is -3.81. The largest absolute Gasteiger partial charge is 0.497 e. The number of likely N-dealkylation sites (N-methyl/N-ethyl adjacent to an activating group) is 1. The number of hydrogen-bond acceptors (Lipinski definition) is 3. The van der Waals surface area contributed by atoms with Gasteiger partial charge in [-0.05, 0) is 53.6 Å². The maximum atomic E-state index is 13.5. The van der Waals surface area contributed by atoms with Crippen molar-refractivity contribution in [2.24, 2.45) is 0 Å². The SMILES string of the molecule is COc1ccc([C@H]2[C@H](C(=O)Nc3ccc(C(F)(F)F)cc3)c3ccccc3C(=O)N2C)cc1. The second kappa shape index (κ2) is 8.61. The van der Waals surface area contributed by atoms with Crippen LogP contribution < -0.4 is 10.1 Å². The Morgan fingerprint density at radius 2 is 1.61 bits per heavy atom. The first-order valence-electron chi connectivity index (χ1n) is 10.2. The van der Waals surface area contributed by atoms with Gasteiger partial charge in [-0.2, -0.15) is 13.2 Å². The molecule has 1 heterocycles. The fourth-order valence-corrected chi connectivity index (χ4v) is 4.14. The Bertz CT molecular complexity index is 1170. The highest BCUT2D eigenvalue weighted by Crippen LogP contribution is 2.43. The molecule has 1 N–H and O–H groups in total. The molecule has 4 rings (SSSR count). The molecule has 33 heavy (non-hydrogen) atoms. The van der Waals surface area contributed by atoms with Gasteiger partial charge in [0.05, 0.1) is 24.6 Å². The molecule has 0 saturated carbocycles. The van der Waals surface area contributed by atoms with Crippen molar-refractivity contribution in [2.45, 2.75) is 18.1 Å². The number of amides is 2. The lowest BCUT2D eigenvalue weighted by atomic mass is 9.79. The van der Waals surface area contributed by atoms with Crippen LogP contribution in [-0.2, 0) is 11.0 Å². The van der Waals surface area contributed by atoms with Crippen LogP contribution in [-0.4, -0.2) is 30.9 Å². The van der Waals surface area contributed by atoms with E-state index in [1.54, 1.807) is 62.7 Å². The third-order valence-electron chi connectivity index (χ3n) is 5.80. The minimum absolute atomic E-state index is 0.218. The molecule has 1 aliphatic heterocycles. The van der Waals surface area contributed by atoms with Crippen LogP contribution in [0.3, 0.4) is 0 Å². The van der Waals surface area contributed by atoms with Gasteiger partial charge >= 0.3 is 6.18 Å². The average Bonchev–Trinajstić information content (AvgIpc) is 2.81. The molecule has 0 bridgehead atoms. The van der Waals surface area contributed by atoms with Crippen LogP contribution in [0.2, 0.25) is 0 Å². The number of rotatable bonds is 4. The Balaban J connectivity index is 1.73. The fourth-order valence-electron chi connectivity index (χ4n) is 4.14. The first kappa shape index (κ1) is 22.4. The van der Waals surface area contributed by atoms with Crippen molar-refractivity contribution in [1.29, 1.82) is 0 Å². The summed E-state index contributed by atoms with van der Waals surface area (Å²) in [5.41, 5.74) is 1.14. The van der Waals surface area contributed by atoms with Crippen molar-refractivity contribution in [3.63, 3.8) is 0 Å². The number of nitrogens with zero attached hydrogens (tertiary/aromatic N) is 1. The standard InChI is InChI=1S/C25H21F3N2O3/c1-30-22(15-7-13-18(33-2)14-8-15)21(19-5-3-4-6-20(19)24(30)32)23(31)29-17-11-9-16(10-12-17)25(26,27)28/h3-14,21-22H,1-2H3,(H,29,31)/t21-,22+/m1/s1. The van der Waals surface area contributed by atoms with E-state index in [2.05, 4.69) is 5.32 Å². The van der Waals surface area contributed by atoms with Gasteiger partial charge in [-0.3, -0.25) is 9.59 Å². The average molecular weight is 454 g/mol. The van der Waals surface area contributed by atoms with E-state index in [0.717, 1.165) is 17.7 Å². The molecule has 3 aromatic carbocycles. The summed E-state index contributed by atoms with van der Waals surface area (Å²) in [6.45, 7) is 0. The van der Waals surface area contributed by atoms with Crippen molar-refractivity contribution < 1.29 is 27.5 Å². The maximum absolute atomic E-state index is 13.5. The lowest BCUT2D eigenvalue weighted by Crippen LogP contribution is -2.44. The molecule has 8 heteroatoms. The van der Waals surface area contributed by atoms with Crippen LogP contribution in [0.4, 0.5) is 18.9 Å². The van der Waals surface area contributed by atoms with E-state index in [9.17, 15) is 22.8 Å². The number of ether oxygens (including phenoxy) is 1. The molecule has 5 nitrogen and oxygen atoms in total. The molecule has 0 aromatic heterocycles. The summed E-state index contributed by atoms with van der Waals surface area (Å²) >= 11 is 0. The highest BCUT2D eigenvalue weighted by Gasteiger charge is 2.42. The molecular weight excluding hydrogens is 433 g/mol. The normalized spacial score (nSPS) is 18.0. The minimum Gasteiger partial charge on any atom is -0.497 e. The molecule has 2 amide bonds. The number of hydrogen-bond donors (Lipinski definition) is 1. The predicted octanol–water partition coefficient (Wildman–Crippen LogP) is 5.26. The highest BCUT2D eigenvalue weighted by atomic mass is 19.4. The maximum Gasteiger partial charge on any atom is 0.416 e. The van der Waals surface area contributed by atoms with Crippen LogP contribution in [0, 0.1) is 0 Å². The summed E-state index contributed by atoms with van der Waals surface area (Å²) < 4.78 is 43.8. The fraction of sp³-hybridized carbons (Fsp3) is 0.200. The molecule has 2 atom stereocenters. The Morgan fingerprint density at radius 3 is 2.21 bits per heavy atom. The van der Waals surface area contributed by atoms with E-state index in [-0.39, 0.29) is 11.6 Å². The number of benzene rings is 3. The number of methoxy groups -OCH3 is 1. The van der Waals surface area contributed by atoms with Crippen LogP contribution >= 0.6 is 0 Å². The van der Waals surface area contributed by atoms with E-state index in [1.807, 2.05) is 0 Å². The van der Waals surface area contributed by atoms with Crippen LogP contribution in [0.5, 0.6) is 5.75 Å². The molecule has 1 aliphatic rings. The van der Waals surface area contributed by atoms with Crippen molar-refractivity contribution in [1.82, 2.24) is 4.90 Å². The van der Waals surface area contributed by atoms with Gasteiger partial charge in [-0.15, -0.1) is 0 Å². The number of halogens is 3. The van der Waals surface area contributed by atoms with Crippen molar-refractivity contribution >= 4 is 17.5 Å². The summed E-state index contributed by atoms with van der Waals surface area (Å²) in [7, 11) is 3.17. The first-order valence-corrected chi connectivity index (χ1v) is 10.2. The second-order valence-electron chi connectivity index (χ2n) is 7.76. The van der Waals surface area contributed by atoms with E-state index >= 15 is 0 Å². The van der Waals surface area contributed by atoms with Gasteiger partial charge in [0, 0.05) is 18.3 Å². The van der Waals surface area contributed by atoms with Gasteiger partial charge in [0.25, 0.3) is 5.91 Å². The Kier molecular flexibility index (Phi) is 5.84. The quantitative estimate of drug-likeness (QED) is 0.585. The smallest absolute Gasteiger partial charge is 0.416 e. The number of alkyl halides is 3. The van der Waals surface area contributed by atoms with Crippen LogP contribution in [0.1, 0.15) is 39.0 Å². The molecule has 3 aromatic rings.